The van der Waals surface area contributed by atoms with Crippen LogP contribution in [-0.2, 0) is 6.54 Å². The molecule has 4 nitrogen and oxygen atoms in total. The van der Waals surface area contributed by atoms with Gasteiger partial charge in [0.25, 0.3) is 5.56 Å². The molecule has 3 rings (SSSR count). The van der Waals surface area contributed by atoms with E-state index in [1.165, 1.54) is 10.9 Å². The van der Waals surface area contributed by atoms with Crippen LogP contribution in [0.4, 0.5) is 0 Å². The minimum atomic E-state index is -0.111. The third-order valence-corrected chi connectivity index (χ3v) is 3.37. The first-order chi connectivity index (χ1) is 9.63. The molecule has 0 saturated carbocycles. The van der Waals surface area contributed by atoms with Crippen molar-refractivity contribution in [3.63, 3.8) is 0 Å². The lowest BCUT2D eigenvalue weighted by molar-refractivity contribution is 0.747. The van der Waals surface area contributed by atoms with E-state index in [-0.39, 0.29) is 5.56 Å². The van der Waals surface area contributed by atoms with Crippen LogP contribution < -0.4 is 5.56 Å². The molecule has 3 aromatic rings. The quantitative estimate of drug-likeness (QED) is 0.683. The fourth-order valence-electron chi connectivity index (χ4n) is 1.98. The molecule has 1 aromatic carbocycles. The molecule has 0 saturated heterocycles. The van der Waals surface area contributed by atoms with Crippen LogP contribution in [0.3, 0.4) is 0 Å². The van der Waals surface area contributed by atoms with Gasteiger partial charge in [-0.15, -0.1) is 0 Å². The molecule has 0 aliphatic heterocycles. The van der Waals surface area contributed by atoms with Crippen LogP contribution in [0, 0.1) is 0 Å². The summed E-state index contributed by atoms with van der Waals surface area (Å²) in [4.78, 5) is 20.5. The van der Waals surface area contributed by atoms with Crippen molar-refractivity contribution in [2.45, 2.75) is 6.54 Å². The number of hydrogen-bond acceptors (Lipinski definition) is 3. The van der Waals surface area contributed by atoms with Crippen molar-refractivity contribution in [1.29, 1.82) is 0 Å². The van der Waals surface area contributed by atoms with E-state index >= 15 is 0 Å². The summed E-state index contributed by atoms with van der Waals surface area (Å²) < 4.78 is 1.53. The summed E-state index contributed by atoms with van der Waals surface area (Å²) in [7, 11) is 0. The van der Waals surface area contributed by atoms with Crippen molar-refractivity contribution in [2.75, 3.05) is 0 Å². The molecule has 0 bridgehead atoms. The zero-order valence-corrected chi connectivity index (χ0v) is 11.8. The van der Waals surface area contributed by atoms with Crippen molar-refractivity contribution in [2.24, 2.45) is 0 Å². The molecule has 0 spiro atoms. The average molecular weight is 306 g/mol. The van der Waals surface area contributed by atoms with E-state index in [0.29, 0.717) is 27.6 Å². The minimum Gasteiger partial charge on any atom is -0.294 e. The van der Waals surface area contributed by atoms with E-state index in [0.717, 1.165) is 5.56 Å². The third-order valence-electron chi connectivity index (χ3n) is 2.93. The van der Waals surface area contributed by atoms with Crippen molar-refractivity contribution >= 4 is 34.1 Å². The van der Waals surface area contributed by atoms with Gasteiger partial charge in [-0.3, -0.25) is 9.36 Å². The van der Waals surface area contributed by atoms with E-state index in [2.05, 4.69) is 9.97 Å². The van der Waals surface area contributed by atoms with Gasteiger partial charge < -0.3 is 0 Å². The average Bonchev–Trinajstić information content (AvgIpc) is 2.42. The number of halogens is 2. The molecular weight excluding hydrogens is 297 g/mol. The van der Waals surface area contributed by atoms with Crippen LogP contribution in [0.15, 0.2) is 47.7 Å². The number of benzene rings is 1. The number of hydrogen-bond donors (Lipinski definition) is 0. The summed E-state index contributed by atoms with van der Waals surface area (Å²) in [5.41, 5.74) is 1.37. The lowest BCUT2D eigenvalue weighted by atomic mass is 10.2. The van der Waals surface area contributed by atoms with Crippen molar-refractivity contribution < 1.29 is 0 Å². The summed E-state index contributed by atoms with van der Waals surface area (Å²) in [6.07, 6.45) is 3.12. The molecule has 6 heteroatoms. The normalized spacial score (nSPS) is 10.9. The molecule has 0 atom stereocenters. The maximum atomic E-state index is 12.4. The molecule has 0 fully saturated rings. The van der Waals surface area contributed by atoms with Gasteiger partial charge in [0.1, 0.15) is 5.15 Å². The van der Waals surface area contributed by atoms with Gasteiger partial charge in [0.15, 0.2) is 0 Å². The maximum absolute atomic E-state index is 12.4. The molecule has 0 aliphatic rings. The first-order valence-electron chi connectivity index (χ1n) is 5.88. The minimum absolute atomic E-state index is 0.111. The summed E-state index contributed by atoms with van der Waals surface area (Å²) in [5, 5.41) is 1.50. The Morgan fingerprint density at radius 1 is 1.10 bits per heavy atom. The van der Waals surface area contributed by atoms with E-state index in [1.807, 2.05) is 6.07 Å². The van der Waals surface area contributed by atoms with Crippen molar-refractivity contribution in [1.82, 2.24) is 14.5 Å². The summed E-state index contributed by atoms with van der Waals surface area (Å²) >= 11 is 11.7. The Kier molecular flexibility index (Phi) is 3.42. The highest BCUT2D eigenvalue weighted by atomic mass is 35.5. The standard InChI is InChI=1S/C14H9Cl2N3O/c15-10-1-2-11-12(6-10)18-8-19(14(11)20)7-9-3-4-17-13(16)5-9/h1-6,8H,7H2. The monoisotopic (exact) mass is 305 g/mol. The van der Waals surface area contributed by atoms with E-state index in [9.17, 15) is 4.79 Å². The Balaban J connectivity index is 2.07. The third kappa shape index (κ3) is 2.53. The molecule has 0 amide bonds. The number of aromatic nitrogens is 3. The highest BCUT2D eigenvalue weighted by Gasteiger charge is 2.05. The molecule has 0 N–H and O–H groups in total. The second-order valence-electron chi connectivity index (χ2n) is 4.33. The smallest absolute Gasteiger partial charge is 0.261 e. The first-order valence-corrected chi connectivity index (χ1v) is 6.64. The van der Waals surface area contributed by atoms with E-state index in [1.54, 1.807) is 30.5 Å². The topological polar surface area (TPSA) is 47.8 Å². The zero-order valence-electron chi connectivity index (χ0n) is 10.3. The highest BCUT2D eigenvalue weighted by molar-refractivity contribution is 6.31. The van der Waals surface area contributed by atoms with E-state index < -0.39 is 0 Å². The lowest BCUT2D eigenvalue weighted by Crippen LogP contribution is -2.21. The summed E-state index contributed by atoms with van der Waals surface area (Å²) in [6.45, 7) is 0.395. The largest absolute Gasteiger partial charge is 0.294 e. The van der Waals surface area contributed by atoms with Gasteiger partial charge in [-0.2, -0.15) is 0 Å². The summed E-state index contributed by atoms with van der Waals surface area (Å²) in [5.74, 6) is 0. The number of rotatable bonds is 2. The van der Waals surface area contributed by atoms with Crippen LogP contribution in [0.5, 0.6) is 0 Å². The van der Waals surface area contributed by atoms with Crippen LogP contribution in [0.25, 0.3) is 10.9 Å². The molecule has 20 heavy (non-hydrogen) atoms. The number of pyridine rings is 1. The van der Waals surface area contributed by atoms with Crippen LogP contribution in [0.1, 0.15) is 5.56 Å². The predicted octanol–water partition coefficient (Wildman–Crippen LogP) is 3.15. The summed E-state index contributed by atoms with van der Waals surface area (Å²) in [6, 6.07) is 8.57. The number of fused-ring (bicyclic) bond motifs is 1. The van der Waals surface area contributed by atoms with Gasteiger partial charge in [-0.1, -0.05) is 23.2 Å². The van der Waals surface area contributed by atoms with Crippen molar-refractivity contribution in [3.05, 3.63) is 68.9 Å². The molecule has 0 aliphatic carbocycles. The SMILES string of the molecule is O=c1c2ccc(Cl)cc2ncn1Cc1ccnc(Cl)c1. The van der Waals surface area contributed by atoms with Gasteiger partial charge in [0.2, 0.25) is 0 Å². The lowest BCUT2D eigenvalue weighted by Gasteiger charge is -2.07. The molecule has 2 heterocycles. The number of nitrogens with zero attached hydrogens (tertiary/aromatic N) is 3. The fourth-order valence-corrected chi connectivity index (χ4v) is 2.34. The van der Waals surface area contributed by atoms with Crippen LogP contribution >= 0.6 is 23.2 Å². The second-order valence-corrected chi connectivity index (χ2v) is 5.15. The Bertz CT molecular complexity index is 845. The molecular formula is C14H9Cl2N3O. The van der Waals surface area contributed by atoms with Gasteiger partial charge in [-0.05, 0) is 35.9 Å². The Labute approximate surface area is 124 Å². The van der Waals surface area contributed by atoms with E-state index in [4.69, 9.17) is 23.2 Å². The van der Waals surface area contributed by atoms with Gasteiger partial charge in [0.05, 0.1) is 23.8 Å². The van der Waals surface area contributed by atoms with Crippen LogP contribution in [-0.4, -0.2) is 14.5 Å². The van der Waals surface area contributed by atoms with Gasteiger partial charge >= 0.3 is 0 Å². The molecule has 0 radical (unpaired) electrons. The predicted molar refractivity (Wildman–Crippen MR) is 79.4 cm³/mol. The molecule has 0 unspecified atom stereocenters. The maximum Gasteiger partial charge on any atom is 0.261 e. The van der Waals surface area contributed by atoms with Gasteiger partial charge in [-0.25, -0.2) is 9.97 Å². The van der Waals surface area contributed by atoms with Crippen LogP contribution in [0.2, 0.25) is 10.2 Å². The molecule has 100 valence electrons. The molecule has 2 aromatic heterocycles. The van der Waals surface area contributed by atoms with Gasteiger partial charge in [0, 0.05) is 11.2 Å². The Morgan fingerprint density at radius 3 is 2.75 bits per heavy atom. The van der Waals surface area contributed by atoms with Crippen molar-refractivity contribution in [3.8, 4) is 0 Å². The first kappa shape index (κ1) is 13.1. The second kappa shape index (κ2) is 5.23. The fraction of sp³-hybridized carbons (Fsp3) is 0.0714. The highest BCUT2D eigenvalue weighted by Crippen LogP contribution is 2.14. The Hall–Kier alpha value is -1.91. The Morgan fingerprint density at radius 2 is 1.95 bits per heavy atom. The zero-order chi connectivity index (χ0) is 14.1.